The van der Waals surface area contributed by atoms with Crippen molar-refractivity contribution >= 4 is 22.7 Å². The summed E-state index contributed by atoms with van der Waals surface area (Å²) in [5.41, 5.74) is 9.83. The Morgan fingerprint density at radius 1 is 1.29 bits per heavy atom. The zero-order valence-corrected chi connectivity index (χ0v) is 11.7. The predicted molar refractivity (Wildman–Crippen MR) is 79.4 cm³/mol. The number of esters is 1. The van der Waals surface area contributed by atoms with Crippen LogP contribution in [-0.4, -0.2) is 28.1 Å². The van der Waals surface area contributed by atoms with Gasteiger partial charge in [0, 0.05) is 5.69 Å². The number of rotatable bonds is 2. The number of hydrogen-bond donors (Lipinski definition) is 1. The third kappa shape index (κ3) is 2.10. The van der Waals surface area contributed by atoms with Crippen LogP contribution in [0.25, 0.3) is 16.7 Å². The maximum atomic E-state index is 11.8. The van der Waals surface area contributed by atoms with Gasteiger partial charge in [-0.2, -0.15) is 0 Å². The second-order valence-corrected chi connectivity index (χ2v) is 4.71. The Morgan fingerprint density at radius 3 is 2.81 bits per heavy atom. The van der Waals surface area contributed by atoms with E-state index in [1.807, 2.05) is 37.3 Å². The number of aromatic nitrogens is 3. The number of fused-ring (bicyclic) bond motifs is 1. The highest BCUT2D eigenvalue weighted by atomic mass is 16.5. The van der Waals surface area contributed by atoms with Crippen molar-refractivity contribution in [2.24, 2.45) is 0 Å². The molecule has 0 aliphatic rings. The molecule has 1 heterocycles. The largest absolute Gasteiger partial charge is 0.465 e. The van der Waals surface area contributed by atoms with Gasteiger partial charge in [-0.15, -0.1) is 5.10 Å². The van der Waals surface area contributed by atoms with E-state index >= 15 is 0 Å². The molecule has 6 nitrogen and oxygen atoms in total. The highest BCUT2D eigenvalue weighted by molar-refractivity contribution is 5.96. The van der Waals surface area contributed by atoms with Crippen LogP contribution in [0.3, 0.4) is 0 Å². The first kappa shape index (κ1) is 13.1. The minimum Gasteiger partial charge on any atom is -0.465 e. The number of ether oxygens (including phenoxy) is 1. The van der Waals surface area contributed by atoms with Crippen molar-refractivity contribution in [1.82, 2.24) is 15.0 Å². The number of nitrogens with two attached hydrogens (primary N) is 1. The van der Waals surface area contributed by atoms with Gasteiger partial charge in [-0.25, -0.2) is 9.48 Å². The summed E-state index contributed by atoms with van der Waals surface area (Å²) in [5, 5.41) is 8.24. The Hall–Kier alpha value is -2.89. The molecule has 0 unspecified atom stereocenters. The summed E-state index contributed by atoms with van der Waals surface area (Å²) >= 11 is 0. The highest BCUT2D eigenvalue weighted by Crippen LogP contribution is 2.24. The average molecular weight is 282 g/mol. The van der Waals surface area contributed by atoms with Crippen molar-refractivity contribution in [3.8, 4) is 5.69 Å². The molecular weight excluding hydrogens is 268 g/mol. The fourth-order valence-electron chi connectivity index (χ4n) is 2.24. The number of nitrogens with zero attached hydrogens (tertiary/aromatic N) is 3. The number of methoxy groups -OCH3 is 1. The molecule has 2 N–H and O–H groups in total. The van der Waals surface area contributed by atoms with Crippen molar-refractivity contribution in [2.45, 2.75) is 6.92 Å². The maximum Gasteiger partial charge on any atom is 0.340 e. The summed E-state index contributed by atoms with van der Waals surface area (Å²) in [6, 6.07) is 11.1. The number of para-hydroxylation sites is 1. The SMILES string of the molecule is COC(=O)c1cc(-n2nnc3ccccc32)cc(C)c1N. The maximum absolute atomic E-state index is 11.8. The standard InChI is InChI=1S/C15H14N4O2/c1-9-7-10(8-11(14(9)16)15(20)21-2)19-13-6-4-3-5-12(13)17-18-19/h3-8H,16H2,1-2H3. The lowest BCUT2D eigenvalue weighted by Crippen LogP contribution is -2.09. The molecule has 0 aliphatic carbocycles. The lowest BCUT2D eigenvalue weighted by molar-refractivity contribution is 0.0602. The molecule has 0 amide bonds. The van der Waals surface area contributed by atoms with Crippen molar-refractivity contribution < 1.29 is 9.53 Å². The summed E-state index contributed by atoms with van der Waals surface area (Å²) in [6.45, 7) is 1.84. The molecule has 1 aromatic heterocycles. The Balaban J connectivity index is 2.23. The fraction of sp³-hybridized carbons (Fsp3) is 0.133. The van der Waals surface area contributed by atoms with Crippen LogP contribution in [0, 0.1) is 6.92 Å². The van der Waals surface area contributed by atoms with Gasteiger partial charge in [-0.3, -0.25) is 0 Å². The van der Waals surface area contributed by atoms with E-state index in [1.54, 1.807) is 10.7 Å². The Morgan fingerprint density at radius 2 is 2.05 bits per heavy atom. The van der Waals surface area contributed by atoms with Crippen LogP contribution in [0.15, 0.2) is 36.4 Å². The molecule has 2 aromatic carbocycles. The van der Waals surface area contributed by atoms with E-state index in [1.165, 1.54) is 7.11 Å². The molecule has 3 aromatic rings. The van der Waals surface area contributed by atoms with Gasteiger partial charge in [-0.05, 0) is 36.8 Å². The lowest BCUT2D eigenvalue weighted by Gasteiger charge is -2.10. The zero-order valence-electron chi connectivity index (χ0n) is 11.7. The molecule has 0 aliphatic heterocycles. The van der Waals surface area contributed by atoms with Crippen LogP contribution >= 0.6 is 0 Å². The van der Waals surface area contributed by atoms with Gasteiger partial charge in [-0.1, -0.05) is 17.3 Å². The highest BCUT2D eigenvalue weighted by Gasteiger charge is 2.15. The van der Waals surface area contributed by atoms with Crippen molar-refractivity contribution in [1.29, 1.82) is 0 Å². The van der Waals surface area contributed by atoms with Gasteiger partial charge in [0.1, 0.15) is 5.52 Å². The molecule has 0 saturated heterocycles. The summed E-state index contributed by atoms with van der Waals surface area (Å²) in [5.74, 6) is -0.470. The van der Waals surface area contributed by atoms with Gasteiger partial charge in [0.05, 0.1) is 23.9 Å². The van der Waals surface area contributed by atoms with Gasteiger partial charge in [0.15, 0.2) is 0 Å². The number of anilines is 1. The normalized spacial score (nSPS) is 10.8. The first-order chi connectivity index (χ1) is 10.1. The molecule has 0 radical (unpaired) electrons. The lowest BCUT2D eigenvalue weighted by atomic mass is 10.1. The van der Waals surface area contributed by atoms with Gasteiger partial charge in [0.25, 0.3) is 0 Å². The topological polar surface area (TPSA) is 83.0 Å². The molecule has 6 heteroatoms. The van der Waals surface area contributed by atoms with Crippen LogP contribution in [0.2, 0.25) is 0 Å². The van der Waals surface area contributed by atoms with E-state index in [2.05, 4.69) is 10.3 Å². The molecule has 106 valence electrons. The first-order valence-electron chi connectivity index (χ1n) is 6.41. The number of carbonyl (C=O) groups excluding carboxylic acids is 1. The second kappa shape index (κ2) is 4.90. The number of carbonyl (C=O) groups is 1. The zero-order chi connectivity index (χ0) is 15.0. The molecule has 0 fully saturated rings. The molecule has 0 saturated carbocycles. The van der Waals surface area contributed by atoms with Gasteiger partial charge in [0.2, 0.25) is 0 Å². The van der Waals surface area contributed by atoms with E-state index < -0.39 is 5.97 Å². The molecule has 0 atom stereocenters. The smallest absolute Gasteiger partial charge is 0.340 e. The third-order valence-electron chi connectivity index (χ3n) is 3.37. The van der Waals surface area contributed by atoms with Crippen LogP contribution < -0.4 is 5.73 Å². The summed E-state index contributed by atoms with van der Waals surface area (Å²) in [4.78, 5) is 11.8. The Kier molecular flexibility index (Phi) is 3.06. The van der Waals surface area contributed by atoms with Crippen molar-refractivity contribution in [3.05, 3.63) is 47.5 Å². The number of aryl methyl sites for hydroxylation is 1. The fourth-order valence-corrected chi connectivity index (χ4v) is 2.24. The van der Waals surface area contributed by atoms with Gasteiger partial charge < -0.3 is 10.5 Å². The van der Waals surface area contributed by atoms with Gasteiger partial charge >= 0.3 is 5.97 Å². The summed E-state index contributed by atoms with van der Waals surface area (Å²) in [6.07, 6.45) is 0. The quantitative estimate of drug-likeness (QED) is 0.575. The molecular formula is C15H14N4O2. The Bertz CT molecular complexity index is 839. The van der Waals surface area contributed by atoms with E-state index in [-0.39, 0.29) is 0 Å². The van der Waals surface area contributed by atoms with E-state index in [9.17, 15) is 4.79 Å². The molecule has 0 bridgehead atoms. The second-order valence-electron chi connectivity index (χ2n) is 4.71. The molecule has 3 rings (SSSR count). The van der Waals surface area contributed by atoms with Crippen molar-refractivity contribution in [3.63, 3.8) is 0 Å². The van der Waals surface area contributed by atoms with E-state index in [4.69, 9.17) is 10.5 Å². The van der Waals surface area contributed by atoms with Crippen molar-refractivity contribution in [2.75, 3.05) is 12.8 Å². The monoisotopic (exact) mass is 282 g/mol. The number of hydrogen-bond acceptors (Lipinski definition) is 5. The van der Waals surface area contributed by atoms with Crippen LogP contribution in [-0.2, 0) is 4.74 Å². The third-order valence-corrected chi connectivity index (χ3v) is 3.37. The molecule has 0 spiro atoms. The summed E-state index contributed by atoms with van der Waals surface area (Å²) < 4.78 is 6.44. The van der Waals surface area contributed by atoms with E-state index in [0.717, 1.165) is 22.3 Å². The summed E-state index contributed by atoms with van der Waals surface area (Å²) in [7, 11) is 1.33. The molecule has 21 heavy (non-hydrogen) atoms. The van der Waals surface area contributed by atoms with Crippen LogP contribution in [0.5, 0.6) is 0 Å². The number of nitrogen functional groups attached to an aromatic ring is 1. The minimum atomic E-state index is -0.470. The number of benzene rings is 2. The first-order valence-corrected chi connectivity index (χ1v) is 6.41. The predicted octanol–water partition coefficient (Wildman–Crippen LogP) is 2.10. The minimum absolute atomic E-state index is 0.326. The van der Waals surface area contributed by atoms with Crippen LogP contribution in [0.4, 0.5) is 5.69 Å². The van der Waals surface area contributed by atoms with Crippen LogP contribution in [0.1, 0.15) is 15.9 Å². The van der Waals surface area contributed by atoms with E-state index in [0.29, 0.717) is 11.3 Å². The average Bonchev–Trinajstić information content (AvgIpc) is 2.93. The Labute approximate surface area is 121 Å².